The molecular formula is C9H13KO3. The molecule has 0 unspecified atom stereocenters. The maximum atomic E-state index is 11.2. The first kappa shape index (κ1) is 13.6. The van der Waals surface area contributed by atoms with Gasteiger partial charge in [-0.05, 0) is 26.2 Å². The Bertz CT molecular complexity index is 211. The van der Waals surface area contributed by atoms with Crippen LogP contribution in [0.4, 0.5) is 0 Å². The molecule has 0 aromatic rings. The molecule has 13 heavy (non-hydrogen) atoms. The van der Waals surface area contributed by atoms with Crippen LogP contribution in [-0.4, -0.2) is 12.6 Å². The molecule has 0 heterocycles. The molecule has 0 aromatic heterocycles. The van der Waals surface area contributed by atoms with E-state index in [0.717, 1.165) is 12.8 Å². The van der Waals surface area contributed by atoms with Gasteiger partial charge in [-0.3, -0.25) is 0 Å². The van der Waals surface area contributed by atoms with Crippen molar-refractivity contribution in [1.29, 1.82) is 0 Å². The summed E-state index contributed by atoms with van der Waals surface area (Å²) in [6, 6.07) is 0. The maximum absolute atomic E-state index is 11.2. The molecule has 0 saturated heterocycles. The number of allylic oxidation sites excluding steroid dienone is 1. The van der Waals surface area contributed by atoms with Gasteiger partial charge in [0.05, 0.1) is 6.61 Å². The average Bonchev–Trinajstić information content (AvgIpc) is 2.05. The summed E-state index contributed by atoms with van der Waals surface area (Å²) in [6.45, 7) is 2.08. The molecule has 0 fully saturated rings. The molecule has 68 valence electrons. The van der Waals surface area contributed by atoms with Crippen molar-refractivity contribution in [3.63, 3.8) is 0 Å². The van der Waals surface area contributed by atoms with Gasteiger partial charge in [-0.2, -0.15) is 0 Å². The predicted octanol–water partition coefficient (Wildman–Crippen LogP) is -2.26. The van der Waals surface area contributed by atoms with Gasteiger partial charge in [0.25, 0.3) is 0 Å². The fourth-order valence-electron chi connectivity index (χ4n) is 1.31. The van der Waals surface area contributed by atoms with Crippen LogP contribution in [0.2, 0.25) is 0 Å². The Kier molecular flexibility index (Phi) is 7.36. The summed E-state index contributed by atoms with van der Waals surface area (Å²) in [7, 11) is 0. The monoisotopic (exact) mass is 208 g/mol. The Morgan fingerprint density at radius 2 is 2.08 bits per heavy atom. The molecule has 0 aliphatic heterocycles. The van der Waals surface area contributed by atoms with Crippen molar-refractivity contribution < 1.29 is 66.0 Å². The molecule has 1 aliphatic rings. The topological polar surface area (TPSA) is 49.4 Å². The summed E-state index contributed by atoms with van der Waals surface area (Å²) in [5, 5.41) is 11.2. The molecule has 0 aromatic carbocycles. The van der Waals surface area contributed by atoms with E-state index in [1.165, 1.54) is 0 Å². The molecule has 0 saturated carbocycles. The van der Waals surface area contributed by atoms with Crippen LogP contribution in [0.3, 0.4) is 0 Å². The maximum Gasteiger partial charge on any atom is 1.00 e. The molecule has 1 rings (SSSR count). The minimum Gasteiger partial charge on any atom is -0.875 e. The zero-order valence-corrected chi connectivity index (χ0v) is 11.4. The normalized spacial score (nSPS) is 16.4. The molecule has 0 atom stereocenters. The van der Waals surface area contributed by atoms with Crippen LogP contribution in [0.1, 0.15) is 32.6 Å². The Morgan fingerprint density at radius 3 is 2.62 bits per heavy atom. The second kappa shape index (κ2) is 7.01. The van der Waals surface area contributed by atoms with Crippen LogP contribution in [0.15, 0.2) is 11.3 Å². The van der Waals surface area contributed by atoms with Crippen LogP contribution in [0.25, 0.3) is 0 Å². The van der Waals surface area contributed by atoms with Crippen molar-refractivity contribution in [2.75, 3.05) is 6.61 Å². The molecular weight excluding hydrogens is 195 g/mol. The van der Waals surface area contributed by atoms with Gasteiger partial charge >= 0.3 is 57.4 Å². The van der Waals surface area contributed by atoms with E-state index in [-0.39, 0.29) is 57.1 Å². The fraction of sp³-hybridized carbons (Fsp3) is 0.667. The largest absolute Gasteiger partial charge is 1.00 e. The van der Waals surface area contributed by atoms with Crippen LogP contribution < -0.4 is 56.5 Å². The number of carbonyl (C=O) groups excluding carboxylic acids is 1. The quantitative estimate of drug-likeness (QED) is 0.380. The van der Waals surface area contributed by atoms with Crippen molar-refractivity contribution in [2.45, 2.75) is 32.6 Å². The minimum atomic E-state index is -0.415. The number of ether oxygens (including phenoxy) is 1. The Labute approximate surface area is 121 Å². The van der Waals surface area contributed by atoms with Gasteiger partial charge in [0, 0.05) is 5.57 Å². The molecule has 1 aliphatic carbocycles. The van der Waals surface area contributed by atoms with Crippen molar-refractivity contribution in [1.82, 2.24) is 0 Å². The predicted molar refractivity (Wildman–Crippen MR) is 42.1 cm³/mol. The summed E-state index contributed by atoms with van der Waals surface area (Å²) >= 11 is 0. The molecule has 3 nitrogen and oxygen atoms in total. The third kappa shape index (κ3) is 4.12. The molecule has 0 bridgehead atoms. The summed E-state index contributed by atoms with van der Waals surface area (Å²) in [5.41, 5.74) is 0.364. The number of rotatable bonds is 2. The Balaban J connectivity index is 0.00000144. The van der Waals surface area contributed by atoms with Crippen LogP contribution in [0.5, 0.6) is 0 Å². The molecule has 0 N–H and O–H groups in total. The van der Waals surface area contributed by atoms with Gasteiger partial charge in [-0.1, -0.05) is 6.42 Å². The van der Waals surface area contributed by atoms with E-state index in [1.807, 2.05) is 0 Å². The second-order valence-electron chi connectivity index (χ2n) is 2.83. The Hall–Kier alpha value is 0.646. The van der Waals surface area contributed by atoms with E-state index in [2.05, 4.69) is 0 Å². The Morgan fingerprint density at radius 1 is 1.46 bits per heavy atom. The van der Waals surface area contributed by atoms with Crippen LogP contribution >= 0.6 is 0 Å². The number of carbonyl (C=O) groups is 1. The zero-order valence-electron chi connectivity index (χ0n) is 8.26. The fourth-order valence-corrected chi connectivity index (χ4v) is 1.31. The van der Waals surface area contributed by atoms with E-state index in [0.29, 0.717) is 25.0 Å². The van der Waals surface area contributed by atoms with Crippen LogP contribution in [-0.2, 0) is 9.53 Å². The van der Waals surface area contributed by atoms with Gasteiger partial charge in [0.1, 0.15) is 0 Å². The SMILES string of the molecule is CCOC(=O)C1=C([O-])CCCC1.[K+]. The van der Waals surface area contributed by atoms with Gasteiger partial charge in [0.2, 0.25) is 0 Å². The standard InChI is InChI=1S/C9H14O3.K/c1-2-12-9(11)7-5-3-4-6-8(7)10;/h10H,2-6H2,1H3;/q;+1/p-1. The summed E-state index contributed by atoms with van der Waals surface area (Å²) in [5.74, 6) is -0.443. The first-order valence-electron chi connectivity index (χ1n) is 4.32. The first-order valence-corrected chi connectivity index (χ1v) is 4.32. The third-order valence-electron chi connectivity index (χ3n) is 1.94. The summed E-state index contributed by atoms with van der Waals surface area (Å²) < 4.78 is 4.75. The van der Waals surface area contributed by atoms with Gasteiger partial charge < -0.3 is 9.84 Å². The minimum absolute atomic E-state index is 0. The van der Waals surface area contributed by atoms with Crippen molar-refractivity contribution in [3.05, 3.63) is 11.3 Å². The van der Waals surface area contributed by atoms with Crippen molar-refractivity contribution in [3.8, 4) is 0 Å². The van der Waals surface area contributed by atoms with Crippen LogP contribution in [0, 0.1) is 0 Å². The van der Waals surface area contributed by atoms with E-state index in [1.54, 1.807) is 6.92 Å². The smallest absolute Gasteiger partial charge is 0.875 e. The second-order valence-corrected chi connectivity index (χ2v) is 2.83. The van der Waals surface area contributed by atoms with E-state index in [4.69, 9.17) is 4.74 Å². The number of esters is 1. The number of hydrogen-bond donors (Lipinski definition) is 0. The van der Waals surface area contributed by atoms with Crippen molar-refractivity contribution >= 4 is 5.97 Å². The van der Waals surface area contributed by atoms with Gasteiger partial charge in [-0.25, -0.2) is 4.79 Å². The molecule has 0 spiro atoms. The van der Waals surface area contributed by atoms with Crippen molar-refractivity contribution in [2.24, 2.45) is 0 Å². The van der Waals surface area contributed by atoms with E-state index >= 15 is 0 Å². The van der Waals surface area contributed by atoms with E-state index < -0.39 is 5.97 Å². The first-order chi connectivity index (χ1) is 5.75. The summed E-state index contributed by atoms with van der Waals surface area (Å²) in [6.07, 6.45) is 2.94. The molecule has 0 radical (unpaired) electrons. The molecule has 4 heteroatoms. The van der Waals surface area contributed by atoms with E-state index in [9.17, 15) is 9.90 Å². The van der Waals surface area contributed by atoms with Gasteiger partial charge in [0.15, 0.2) is 0 Å². The summed E-state index contributed by atoms with van der Waals surface area (Å²) in [4.78, 5) is 11.1. The zero-order chi connectivity index (χ0) is 8.97. The molecule has 0 amide bonds. The third-order valence-corrected chi connectivity index (χ3v) is 1.94. The van der Waals surface area contributed by atoms with Gasteiger partial charge in [-0.15, -0.1) is 5.76 Å². The number of hydrogen-bond acceptors (Lipinski definition) is 3. The average molecular weight is 208 g/mol.